The van der Waals surface area contributed by atoms with E-state index in [1.165, 1.54) is 26.4 Å². The Labute approximate surface area is 103 Å². The highest BCUT2D eigenvalue weighted by Gasteiger charge is 2.43. The monoisotopic (exact) mass is 252 g/mol. The van der Waals surface area contributed by atoms with Crippen LogP contribution in [0.15, 0.2) is 24.3 Å². The Morgan fingerprint density at radius 3 is 2.28 bits per heavy atom. The van der Waals surface area contributed by atoms with Gasteiger partial charge in [0.2, 0.25) is 0 Å². The molecule has 0 fully saturated rings. The van der Waals surface area contributed by atoms with Crippen molar-refractivity contribution in [1.29, 1.82) is 0 Å². The minimum atomic E-state index is -0.883. The molecule has 0 radical (unpaired) electrons. The van der Waals surface area contributed by atoms with Crippen molar-refractivity contribution in [3.05, 3.63) is 24.3 Å². The second kappa shape index (κ2) is 4.52. The lowest BCUT2D eigenvalue weighted by molar-refractivity contribution is -0.122. The van der Waals surface area contributed by atoms with E-state index in [1.54, 1.807) is 12.2 Å². The summed E-state index contributed by atoms with van der Waals surface area (Å²) < 4.78 is 9.21. The number of hydrazine groups is 1. The molecule has 0 saturated carbocycles. The third-order valence-electron chi connectivity index (χ3n) is 2.74. The van der Waals surface area contributed by atoms with E-state index in [9.17, 15) is 14.4 Å². The quantitative estimate of drug-likeness (QED) is 0.586. The fraction of sp³-hybridized carbons (Fsp3) is 0.364. The van der Waals surface area contributed by atoms with Crippen molar-refractivity contribution in [3.8, 4) is 0 Å². The van der Waals surface area contributed by atoms with Gasteiger partial charge in [-0.1, -0.05) is 18.2 Å². The summed E-state index contributed by atoms with van der Waals surface area (Å²) in [6.07, 6.45) is 4.55. The number of hydrogen-bond donors (Lipinski definition) is 0. The number of carbonyl (C=O) groups is 3. The first-order valence-corrected chi connectivity index (χ1v) is 5.24. The normalized spacial score (nSPS) is 25.1. The molecule has 7 heteroatoms. The van der Waals surface area contributed by atoms with Crippen molar-refractivity contribution in [2.45, 2.75) is 12.1 Å². The van der Waals surface area contributed by atoms with E-state index in [-0.39, 0.29) is 5.78 Å². The molecule has 0 spiro atoms. The summed E-state index contributed by atoms with van der Waals surface area (Å²) in [5.41, 5.74) is 0. The summed E-state index contributed by atoms with van der Waals surface area (Å²) in [7, 11) is 2.38. The molecule has 0 unspecified atom stereocenters. The van der Waals surface area contributed by atoms with Gasteiger partial charge in [0, 0.05) is 0 Å². The van der Waals surface area contributed by atoms with Crippen LogP contribution < -0.4 is 0 Å². The third kappa shape index (κ3) is 1.73. The standard InChI is InChI=1S/C11H12N2O5/c1-17-10(15)12-7-3-5-8(9(14)6-4-7)13(12)11(16)18-2/h3-8H,1-2H3/t7-,8-/m1/s1. The van der Waals surface area contributed by atoms with Crippen LogP contribution >= 0.6 is 0 Å². The zero-order valence-corrected chi connectivity index (χ0v) is 9.90. The van der Waals surface area contributed by atoms with E-state index < -0.39 is 24.3 Å². The van der Waals surface area contributed by atoms with Crippen molar-refractivity contribution in [2.24, 2.45) is 0 Å². The van der Waals surface area contributed by atoms with Gasteiger partial charge in [0.05, 0.1) is 20.3 Å². The maximum atomic E-state index is 11.8. The van der Waals surface area contributed by atoms with Crippen LogP contribution in [0, 0.1) is 0 Å². The maximum absolute atomic E-state index is 11.8. The lowest BCUT2D eigenvalue weighted by atomic mass is 10.1. The number of rotatable bonds is 0. The van der Waals surface area contributed by atoms with Crippen molar-refractivity contribution in [3.63, 3.8) is 0 Å². The molecule has 0 N–H and O–H groups in total. The molecule has 0 aromatic carbocycles. The summed E-state index contributed by atoms with van der Waals surface area (Å²) in [5, 5.41) is 2.01. The number of carbonyl (C=O) groups excluding carboxylic acids is 3. The molecule has 2 aliphatic heterocycles. The van der Waals surface area contributed by atoms with Crippen molar-refractivity contribution in [1.82, 2.24) is 10.0 Å². The summed E-state index contributed by atoms with van der Waals surface area (Å²) in [6, 6.07) is -1.43. The Bertz CT molecular complexity index is 456. The molecule has 0 saturated heterocycles. The van der Waals surface area contributed by atoms with Gasteiger partial charge < -0.3 is 9.47 Å². The van der Waals surface area contributed by atoms with Gasteiger partial charge in [-0.15, -0.1) is 0 Å². The predicted molar refractivity (Wildman–Crippen MR) is 59.4 cm³/mol. The van der Waals surface area contributed by atoms with Gasteiger partial charge in [0.1, 0.15) is 6.04 Å². The number of ketones is 1. The molecule has 1 aliphatic carbocycles. The van der Waals surface area contributed by atoms with E-state index in [2.05, 4.69) is 9.47 Å². The summed E-state index contributed by atoms with van der Waals surface area (Å²) in [6.45, 7) is 0. The number of hydrogen-bond acceptors (Lipinski definition) is 5. The molecular formula is C11H12N2O5. The number of methoxy groups -OCH3 is 2. The SMILES string of the molecule is COC(=O)N1[C@H]2C=CC(=O)[C@@H](C=C2)N1C(=O)OC. The highest BCUT2D eigenvalue weighted by atomic mass is 16.6. The van der Waals surface area contributed by atoms with Gasteiger partial charge in [-0.3, -0.25) is 4.79 Å². The number of nitrogens with zero attached hydrogens (tertiary/aromatic N) is 2. The average molecular weight is 252 g/mol. The smallest absolute Gasteiger partial charge is 0.429 e. The molecule has 2 atom stereocenters. The van der Waals surface area contributed by atoms with Crippen LogP contribution in [0.2, 0.25) is 0 Å². The van der Waals surface area contributed by atoms with Crippen LogP contribution in [0.25, 0.3) is 0 Å². The third-order valence-corrected chi connectivity index (χ3v) is 2.74. The Morgan fingerprint density at radius 1 is 1.06 bits per heavy atom. The summed E-state index contributed by atoms with van der Waals surface area (Å²) in [5.74, 6) is -0.300. The molecule has 2 heterocycles. The van der Waals surface area contributed by atoms with Gasteiger partial charge in [0.25, 0.3) is 0 Å². The van der Waals surface area contributed by atoms with Crippen LogP contribution in [0.5, 0.6) is 0 Å². The minimum absolute atomic E-state index is 0.300. The predicted octanol–water partition coefficient (Wildman–Crippen LogP) is 0.484. The van der Waals surface area contributed by atoms with Crippen LogP contribution in [0.4, 0.5) is 9.59 Å². The first-order chi connectivity index (χ1) is 8.60. The first-order valence-electron chi connectivity index (χ1n) is 5.24. The van der Waals surface area contributed by atoms with Gasteiger partial charge in [-0.25, -0.2) is 14.6 Å². The Morgan fingerprint density at radius 2 is 1.67 bits per heavy atom. The second-order valence-corrected chi connectivity index (χ2v) is 3.71. The molecule has 3 rings (SSSR count). The Kier molecular flexibility index (Phi) is 3.05. The minimum Gasteiger partial charge on any atom is -0.451 e. The van der Waals surface area contributed by atoms with Gasteiger partial charge in [-0.2, -0.15) is 5.01 Å². The van der Waals surface area contributed by atoms with Crippen molar-refractivity contribution in [2.75, 3.05) is 14.2 Å². The zero-order chi connectivity index (χ0) is 13.3. The van der Waals surface area contributed by atoms with Gasteiger partial charge in [-0.05, 0) is 6.08 Å². The van der Waals surface area contributed by atoms with Crippen molar-refractivity contribution >= 4 is 18.0 Å². The van der Waals surface area contributed by atoms with E-state index >= 15 is 0 Å². The van der Waals surface area contributed by atoms with Crippen LogP contribution in [-0.4, -0.2) is 54.3 Å². The van der Waals surface area contributed by atoms with Crippen LogP contribution in [0.1, 0.15) is 0 Å². The fourth-order valence-electron chi connectivity index (χ4n) is 1.91. The van der Waals surface area contributed by atoms with E-state index in [4.69, 9.17) is 0 Å². The lowest BCUT2D eigenvalue weighted by Gasteiger charge is -2.39. The molecule has 18 heavy (non-hydrogen) atoms. The lowest BCUT2D eigenvalue weighted by Crippen LogP contribution is -2.59. The number of ether oxygens (including phenoxy) is 2. The maximum Gasteiger partial charge on any atom is 0.429 e. The summed E-state index contributed by atoms with van der Waals surface area (Å²) in [4.78, 5) is 35.2. The Balaban J connectivity index is 2.45. The molecule has 96 valence electrons. The highest BCUT2D eigenvalue weighted by Crippen LogP contribution is 2.24. The van der Waals surface area contributed by atoms with Crippen LogP contribution in [-0.2, 0) is 14.3 Å². The van der Waals surface area contributed by atoms with E-state index in [0.29, 0.717) is 0 Å². The molecule has 0 aromatic heterocycles. The average Bonchev–Trinajstić information content (AvgIpc) is 2.66. The Hall–Kier alpha value is -2.31. The van der Waals surface area contributed by atoms with E-state index in [0.717, 1.165) is 10.0 Å². The largest absolute Gasteiger partial charge is 0.451 e. The van der Waals surface area contributed by atoms with Crippen molar-refractivity contribution < 1.29 is 23.9 Å². The highest BCUT2D eigenvalue weighted by molar-refractivity contribution is 5.99. The van der Waals surface area contributed by atoms with E-state index in [1.807, 2.05) is 0 Å². The molecule has 7 nitrogen and oxygen atoms in total. The molecule has 2 bridgehead atoms. The first kappa shape index (κ1) is 12.2. The molecule has 0 aromatic rings. The van der Waals surface area contributed by atoms with Gasteiger partial charge >= 0.3 is 12.2 Å². The number of fused-ring (bicyclic) bond motifs is 2. The van der Waals surface area contributed by atoms with Crippen LogP contribution in [0.3, 0.4) is 0 Å². The molecule has 3 aliphatic rings. The topological polar surface area (TPSA) is 76.2 Å². The second-order valence-electron chi connectivity index (χ2n) is 3.71. The zero-order valence-electron chi connectivity index (χ0n) is 9.90. The molecule has 2 amide bonds. The molecular weight excluding hydrogens is 240 g/mol. The number of amides is 2. The fourth-order valence-corrected chi connectivity index (χ4v) is 1.91. The summed E-state index contributed by atoms with van der Waals surface area (Å²) >= 11 is 0. The van der Waals surface area contributed by atoms with Gasteiger partial charge in [0.15, 0.2) is 5.78 Å².